The molecule has 1 aliphatic carbocycles. The van der Waals surface area contributed by atoms with Crippen molar-refractivity contribution in [3.8, 4) is 11.5 Å². The third-order valence-electron chi connectivity index (χ3n) is 6.45. The number of methoxy groups -OCH3 is 2. The first-order valence-corrected chi connectivity index (χ1v) is 11.5. The number of likely N-dealkylation sites (tertiary alicyclic amines) is 1. The number of nitrogens with zero attached hydrogens (tertiary/aromatic N) is 1. The summed E-state index contributed by atoms with van der Waals surface area (Å²) in [7, 11) is 3.09. The van der Waals surface area contributed by atoms with Crippen molar-refractivity contribution in [3.63, 3.8) is 0 Å². The molecule has 2 aromatic rings. The number of ether oxygens (including phenoxy) is 2. The molecule has 32 heavy (non-hydrogen) atoms. The van der Waals surface area contributed by atoms with Gasteiger partial charge in [-0.05, 0) is 67.7 Å². The summed E-state index contributed by atoms with van der Waals surface area (Å²) in [6.45, 7) is 1.46. The van der Waals surface area contributed by atoms with Gasteiger partial charge in [0.05, 0.1) is 31.9 Å². The normalized spacial score (nSPS) is 15.6. The number of nitrogens with one attached hydrogen (secondary N) is 1. The highest BCUT2D eigenvalue weighted by atomic mass is 16.5. The molecule has 0 bridgehead atoms. The average Bonchev–Trinajstić information content (AvgIpc) is 2.83. The fraction of sp³-hybridized carbons (Fsp3) is 0.462. The minimum Gasteiger partial charge on any atom is -0.493 e. The van der Waals surface area contributed by atoms with Gasteiger partial charge in [0.15, 0.2) is 11.5 Å². The lowest BCUT2D eigenvalue weighted by molar-refractivity contribution is -0.115. The van der Waals surface area contributed by atoms with Crippen LogP contribution < -0.4 is 14.8 Å². The van der Waals surface area contributed by atoms with E-state index in [1.807, 2.05) is 11.0 Å². The first kappa shape index (κ1) is 22.2. The number of aryl methyl sites for hydroxylation is 2. The number of fused-ring (bicyclic) bond motifs is 1. The minimum absolute atomic E-state index is 0.0882. The maximum Gasteiger partial charge on any atom is 0.256 e. The first-order valence-electron chi connectivity index (χ1n) is 11.5. The molecule has 6 heteroatoms. The SMILES string of the molecule is COc1cc(NC(=O)Cc2ccc3c(c2)CCCC3)c(C(=O)N2CCCCC2)cc1OC. The largest absolute Gasteiger partial charge is 0.493 e. The molecule has 2 aliphatic rings. The molecule has 2 aromatic carbocycles. The Balaban J connectivity index is 1.57. The van der Waals surface area contributed by atoms with Crippen molar-refractivity contribution < 1.29 is 19.1 Å². The zero-order valence-corrected chi connectivity index (χ0v) is 19.0. The molecule has 0 aromatic heterocycles. The molecule has 170 valence electrons. The third-order valence-corrected chi connectivity index (χ3v) is 6.45. The van der Waals surface area contributed by atoms with Gasteiger partial charge in [-0.3, -0.25) is 9.59 Å². The van der Waals surface area contributed by atoms with Crippen molar-refractivity contribution in [1.29, 1.82) is 0 Å². The van der Waals surface area contributed by atoms with Crippen molar-refractivity contribution in [2.24, 2.45) is 0 Å². The first-order chi connectivity index (χ1) is 15.6. The van der Waals surface area contributed by atoms with Gasteiger partial charge in [0.2, 0.25) is 5.91 Å². The van der Waals surface area contributed by atoms with E-state index in [-0.39, 0.29) is 18.2 Å². The Kier molecular flexibility index (Phi) is 6.98. The van der Waals surface area contributed by atoms with Gasteiger partial charge in [0.25, 0.3) is 5.91 Å². The second-order valence-corrected chi connectivity index (χ2v) is 8.64. The van der Waals surface area contributed by atoms with Crippen LogP contribution in [0.2, 0.25) is 0 Å². The highest BCUT2D eigenvalue weighted by Crippen LogP contribution is 2.34. The van der Waals surface area contributed by atoms with Gasteiger partial charge in [-0.15, -0.1) is 0 Å². The second-order valence-electron chi connectivity index (χ2n) is 8.64. The van der Waals surface area contributed by atoms with Gasteiger partial charge < -0.3 is 19.7 Å². The number of hydrogen-bond acceptors (Lipinski definition) is 4. The number of benzene rings is 2. The molecule has 0 radical (unpaired) electrons. The van der Waals surface area contributed by atoms with Gasteiger partial charge in [0, 0.05) is 19.2 Å². The van der Waals surface area contributed by atoms with Crippen LogP contribution in [0, 0.1) is 0 Å². The topological polar surface area (TPSA) is 67.9 Å². The van der Waals surface area contributed by atoms with E-state index < -0.39 is 0 Å². The van der Waals surface area contributed by atoms with Gasteiger partial charge >= 0.3 is 0 Å². The van der Waals surface area contributed by atoms with Gasteiger partial charge in [-0.2, -0.15) is 0 Å². The van der Waals surface area contributed by atoms with E-state index in [1.54, 1.807) is 26.4 Å². The maximum absolute atomic E-state index is 13.3. The van der Waals surface area contributed by atoms with Crippen molar-refractivity contribution in [2.75, 3.05) is 32.6 Å². The van der Waals surface area contributed by atoms with Crippen LogP contribution in [0.1, 0.15) is 59.2 Å². The zero-order valence-electron chi connectivity index (χ0n) is 19.0. The predicted molar refractivity (Wildman–Crippen MR) is 125 cm³/mol. The monoisotopic (exact) mass is 436 g/mol. The molecule has 0 spiro atoms. The summed E-state index contributed by atoms with van der Waals surface area (Å²) in [6, 6.07) is 9.70. The molecule has 6 nitrogen and oxygen atoms in total. The Morgan fingerprint density at radius 3 is 2.28 bits per heavy atom. The Bertz CT molecular complexity index is 996. The highest BCUT2D eigenvalue weighted by molar-refractivity contribution is 6.05. The van der Waals surface area contributed by atoms with E-state index in [1.165, 1.54) is 24.0 Å². The number of amides is 2. The van der Waals surface area contributed by atoms with E-state index in [9.17, 15) is 9.59 Å². The van der Waals surface area contributed by atoms with Crippen LogP contribution in [0.15, 0.2) is 30.3 Å². The lowest BCUT2D eigenvalue weighted by atomic mass is 9.90. The van der Waals surface area contributed by atoms with Crippen LogP contribution in [0.3, 0.4) is 0 Å². The van der Waals surface area contributed by atoms with Crippen molar-refractivity contribution >= 4 is 17.5 Å². The zero-order chi connectivity index (χ0) is 22.5. The standard InChI is InChI=1S/C26H32N2O4/c1-31-23-16-21(26(30)28-12-6-3-7-13-28)22(17-24(23)32-2)27-25(29)15-18-10-11-19-8-4-5-9-20(19)14-18/h10-11,14,16-17H,3-9,12-13,15H2,1-2H3,(H,27,29). The summed E-state index contributed by atoms with van der Waals surface area (Å²) < 4.78 is 10.8. The number of hydrogen-bond donors (Lipinski definition) is 1. The molecule has 0 atom stereocenters. The van der Waals surface area contributed by atoms with E-state index in [0.717, 1.165) is 50.8 Å². The van der Waals surface area contributed by atoms with Crippen molar-refractivity contribution in [2.45, 2.75) is 51.4 Å². The Labute approximate surface area is 189 Å². The molecule has 1 N–H and O–H groups in total. The molecule has 1 fully saturated rings. The van der Waals surface area contributed by atoms with Crippen molar-refractivity contribution in [1.82, 2.24) is 4.90 Å². The second kappa shape index (κ2) is 10.1. The summed E-state index contributed by atoms with van der Waals surface area (Å²) in [5, 5.41) is 2.96. The molecule has 0 saturated carbocycles. The van der Waals surface area contributed by atoms with Gasteiger partial charge in [0.1, 0.15) is 0 Å². The van der Waals surface area contributed by atoms with E-state index >= 15 is 0 Å². The van der Waals surface area contributed by atoms with Crippen LogP contribution in [0.4, 0.5) is 5.69 Å². The highest BCUT2D eigenvalue weighted by Gasteiger charge is 2.24. The average molecular weight is 437 g/mol. The number of piperidine rings is 1. The summed E-state index contributed by atoms with van der Waals surface area (Å²) in [5.74, 6) is 0.711. The van der Waals surface area contributed by atoms with E-state index in [4.69, 9.17) is 9.47 Å². The summed E-state index contributed by atoms with van der Waals surface area (Å²) in [5.41, 5.74) is 4.64. The van der Waals surface area contributed by atoms with Crippen molar-refractivity contribution in [3.05, 3.63) is 52.6 Å². The lowest BCUT2D eigenvalue weighted by Gasteiger charge is -2.28. The molecule has 0 unspecified atom stereocenters. The number of rotatable bonds is 6. The van der Waals surface area contributed by atoms with Gasteiger partial charge in [-0.25, -0.2) is 0 Å². The molecule has 1 saturated heterocycles. The Morgan fingerprint density at radius 2 is 1.56 bits per heavy atom. The number of anilines is 1. The third kappa shape index (κ3) is 4.90. The molecular weight excluding hydrogens is 404 g/mol. The molecular formula is C26H32N2O4. The summed E-state index contributed by atoms with van der Waals surface area (Å²) >= 11 is 0. The number of carbonyl (C=O) groups excluding carboxylic acids is 2. The molecule has 2 amide bonds. The molecule has 1 aliphatic heterocycles. The van der Waals surface area contributed by atoms with E-state index in [0.29, 0.717) is 22.7 Å². The quantitative estimate of drug-likeness (QED) is 0.729. The fourth-order valence-corrected chi connectivity index (χ4v) is 4.70. The molecule has 1 heterocycles. The Hall–Kier alpha value is -3.02. The summed E-state index contributed by atoms with van der Waals surface area (Å²) in [4.78, 5) is 28.1. The summed E-state index contributed by atoms with van der Waals surface area (Å²) in [6.07, 6.45) is 8.04. The van der Waals surface area contributed by atoms with Crippen LogP contribution >= 0.6 is 0 Å². The van der Waals surface area contributed by atoms with Gasteiger partial charge in [-0.1, -0.05) is 18.2 Å². The Morgan fingerprint density at radius 1 is 0.875 bits per heavy atom. The van der Waals surface area contributed by atoms with Crippen LogP contribution in [-0.2, 0) is 24.1 Å². The fourth-order valence-electron chi connectivity index (χ4n) is 4.70. The van der Waals surface area contributed by atoms with Crippen LogP contribution in [-0.4, -0.2) is 44.0 Å². The molecule has 4 rings (SSSR count). The minimum atomic E-state index is -0.152. The lowest BCUT2D eigenvalue weighted by Crippen LogP contribution is -2.36. The smallest absolute Gasteiger partial charge is 0.256 e. The maximum atomic E-state index is 13.3. The van der Waals surface area contributed by atoms with E-state index in [2.05, 4.69) is 17.4 Å². The number of carbonyl (C=O) groups is 2. The van der Waals surface area contributed by atoms with Crippen LogP contribution in [0.5, 0.6) is 11.5 Å². The predicted octanol–water partition coefficient (Wildman–Crippen LogP) is 4.39. The van der Waals surface area contributed by atoms with Crippen LogP contribution in [0.25, 0.3) is 0 Å².